The highest BCUT2D eigenvalue weighted by atomic mass is 35.5. The highest BCUT2D eigenvalue weighted by Gasteiger charge is 2.07. The summed E-state index contributed by atoms with van der Waals surface area (Å²) in [4.78, 5) is 4.24. The van der Waals surface area contributed by atoms with Crippen LogP contribution in [-0.4, -0.2) is 14.8 Å². The molecule has 4 nitrogen and oxygen atoms in total. The SMILES string of the molecule is CCn1ncnc1CN[C@H](C)c1ccc(Cl)cc1. The Labute approximate surface area is 112 Å². The van der Waals surface area contributed by atoms with Crippen LogP contribution in [-0.2, 0) is 13.1 Å². The largest absolute Gasteiger partial charge is 0.303 e. The van der Waals surface area contributed by atoms with E-state index in [9.17, 15) is 0 Å². The quantitative estimate of drug-likeness (QED) is 0.903. The van der Waals surface area contributed by atoms with Crippen LogP contribution in [0.2, 0.25) is 5.02 Å². The smallest absolute Gasteiger partial charge is 0.140 e. The van der Waals surface area contributed by atoms with E-state index in [4.69, 9.17) is 11.6 Å². The van der Waals surface area contributed by atoms with E-state index < -0.39 is 0 Å². The third-order valence-corrected chi connectivity index (χ3v) is 3.18. The number of aromatic nitrogens is 3. The van der Waals surface area contributed by atoms with Gasteiger partial charge in [0.15, 0.2) is 0 Å². The van der Waals surface area contributed by atoms with Crippen molar-refractivity contribution >= 4 is 11.6 Å². The van der Waals surface area contributed by atoms with Crippen molar-refractivity contribution in [3.63, 3.8) is 0 Å². The van der Waals surface area contributed by atoms with Gasteiger partial charge in [0.1, 0.15) is 12.2 Å². The zero-order chi connectivity index (χ0) is 13.0. The van der Waals surface area contributed by atoms with Crippen molar-refractivity contribution in [1.29, 1.82) is 0 Å². The van der Waals surface area contributed by atoms with Gasteiger partial charge in [0, 0.05) is 17.6 Å². The number of rotatable bonds is 5. The Hall–Kier alpha value is -1.39. The fourth-order valence-electron chi connectivity index (χ4n) is 1.80. The van der Waals surface area contributed by atoms with Crippen LogP contribution in [0, 0.1) is 0 Å². The van der Waals surface area contributed by atoms with Crippen LogP contribution in [0.4, 0.5) is 0 Å². The minimum absolute atomic E-state index is 0.254. The Bertz CT molecular complexity index is 492. The van der Waals surface area contributed by atoms with Gasteiger partial charge in [-0.2, -0.15) is 5.10 Å². The van der Waals surface area contributed by atoms with Gasteiger partial charge in [0.2, 0.25) is 0 Å². The first-order valence-corrected chi connectivity index (χ1v) is 6.44. The maximum Gasteiger partial charge on any atom is 0.140 e. The van der Waals surface area contributed by atoms with Gasteiger partial charge in [0.05, 0.1) is 6.54 Å². The third-order valence-electron chi connectivity index (χ3n) is 2.93. The third kappa shape index (κ3) is 3.09. The Kier molecular flexibility index (Phi) is 4.33. The molecule has 0 spiro atoms. The predicted molar refractivity (Wildman–Crippen MR) is 72.4 cm³/mol. The number of nitrogens with one attached hydrogen (secondary N) is 1. The van der Waals surface area contributed by atoms with Crippen LogP contribution < -0.4 is 5.32 Å². The Balaban J connectivity index is 1.96. The molecule has 0 amide bonds. The number of hydrogen-bond donors (Lipinski definition) is 1. The van der Waals surface area contributed by atoms with Crippen molar-refractivity contribution < 1.29 is 0 Å². The first kappa shape index (κ1) is 13.1. The summed E-state index contributed by atoms with van der Waals surface area (Å²) in [7, 11) is 0. The summed E-state index contributed by atoms with van der Waals surface area (Å²) in [6, 6.07) is 8.13. The molecule has 1 aromatic heterocycles. The summed E-state index contributed by atoms with van der Waals surface area (Å²) in [5.74, 6) is 0.957. The van der Waals surface area contributed by atoms with E-state index in [1.165, 1.54) is 5.56 Å². The molecule has 0 aliphatic rings. The fourth-order valence-corrected chi connectivity index (χ4v) is 1.93. The Morgan fingerprint density at radius 3 is 2.72 bits per heavy atom. The average Bonchev–Trinajstić information content (AvgIpc) is 2.84. The highest BCUT2D eigenvalue weighted by molar-refractivity contribution is 6.30. The molecular formula is C13H17ClN4. The van der Waals surface area contributed by atoms with E-state index in [1.54, 1.807) is 6.33 Å². The molecule has 0 aliphatic heterocycles. The summed E-state index contributed by atoms with van der Waals surface area (Å²) in [5, 5.41) is 8.33. The van der Waals surface area contributed by atoms with Crippen LogP contribution in [0.25, 0.3) is 0 Å². The summed E-state index contributed by atoms with van der Waals surface area (Å²) in [5.41, 5.74) is 1.21. The average molecular weight is 265 g/mol. The standard InChI is InChI=1S/C13H17ClN4/c1-3-18-13(16-9-17-18)8-15-10(2)11-4-6-12(14)7-5-11/h4-7,9-10,15H,3,8H2,1-2H3/t10-/m1/s1. The van der Waals surface area contributed by atoms with Gasteiger partial charge >= 0.3 is 0 Å². The van der Waals surface area contributed by atoms with Crippen molar-refractivity contribution in [3.8, 4) is 0 Å². The maximum atomic E-state index is 5.87. The van der Waals surface area contributed by atoms with Crippen molar-refractivity contribution in [2.75, 3.05) is 0 Å². The molecule has 1 N–H and O–H groups in total. The first-order chi connectivity index (χ1) is 8.70. The minimum Gasteiger partial charge on any atom is -0.303 e. The van der Waals surface area contributed by atoms with Gasteiger partial charge in [-0.1, -0.05) is 23.7 Å². The van der Waals surface area contributed by atoms with Gasteiger partial charge < -0.3 is 5.32 Å². The van der Waals surface area contributed by atoms with E-state index in [0.717, 1.165) is 17.4 Å². The molecule has 5 heteroatoms. The number of halogens is 1. The maximum absolute atomic E-state index is 5.87. The zero-order valence-electron chi connectivity index (χ0n) is 10.6. The molecule has 1 aromatic carbocycles. The van der Waals surface area contributed by atoms with Crippen LogP contribution >= 0.6 is 11.6 Å². The number of hydrogen-bond acceptors (Lipinski definition) is 3. The lowest BCUT2D eigenvalue weighted by atomic mass is 10.1. The van der Waals surface area contributed by atoms with Crippen molar-refractivity contribution in [1.82, 2.24) is 20.1 Å². The molecule has 1 heterocycles. The van der Waals surface area contributed by atoms with Gasteiger partial charge in [0.25, 0.3) is 0 Å². The molecule has 0 unspecified atom stereocenters. The summed E-state index contributed by atoms with van der Waals surface area (Å²) in [6.45, 7) is 5.72. The second-order valence-electron chi connectivity index (χ2n) is 4.15. The van der Waals surface area contributed by atoms with Crippen LogP contribution in [0.3, 0.4) is 0 Å². The summed E-state index contributed by atoms with van der Waals surface area (Å²) < 4.78 is 1.89. The van der Waals surface area contributed by atoms with E-state index in [0.29, 0.717) is 6.54 Å². The lowest BCUT2D eigenvalue weighted by Crippen LogP contribution is -2.20. The molecule has 18 heavy (non-hydrogen) atoms. The lowest BCUT2D eigenvalue weighted by Gasteiger charge is -2.14. The minimum atomic E-state index is 0.254. The number of benzene rings is 1. The zero-order valence-corrected chi connectivity index (χ0v) is 11.4. The van der Waals surface area contributed by atoms with Gasteiger partial charge in [-0.15, -0.1) is 0 Å². The predicted octanol–water partition coefficient (Wildman–Crippen LogP) is 2.80. The van der Waals surface area contributed by atoms with Crippen molar-refractivity contribution in [2.24, 2.45) is 0 Å². The molecule has 0 aliphatic carbocycles. The monoisotopic (exact) mass is 264 g/mol. The van der Waals surface area contributed by atoms with E-state index in [1.807, 2.05) is 28.9 Å². The summed E-state index contributed by atoms with van der Waals surface area (Å²) in [6.07, 6.45) is 1.59. The number of aryl methyl sites for hydroxylation is 1. The Morgan fingerprint density at radius 1 is 1.33 bits per heavy atom. The van der Waals surface area contributed by atoms with Gasteiger partial charge in [-0.3, -0.25) is 0 Å². The molecular weight excluding hydrogens is 248 g/mol. The second-order valence-corrected chi connectivity index (χ2v) is 4.58. The molecule has 2 aromatic rings. The molecule has 0 bridgehead atoms. The lowest BCUT2D eigenvalue weighted by molar-refractivity contribution is 0.523. The van der Waals surface area contributed by atoms with Gasteiger partial charge in [-0.25, -0.2) is 9.67 Å². The molecule has 1 atom stereocenters. The Morgan fingerprint density at radius 2 is 2.06 bits per heavy atom. The van der Waals surface area contributed by atoms with Crippen molar-refractivity contribution in [2.45, 2.75) is 33.0 Å². The van der Waals surface area contributed by atoms with E-state index in [2.05, 4.69) is 29.2 Å². The first-order valence-electron chi connectivity index (χ1n) is 6.06. The molecule has 0 radical (unpaired) electrons. The van der Waals surface area contributed by atoms with E-state index in [-0.39, 0.29) is 6.04 Å². The molecule has 0 fully saturated rings. The summed E-state index contributed by atoms with van der Waals surface area (Å²) >= 11 is 5.87. The fraction of sp³-hybridized carbons (Fsp3) is 0.385. The topological polar surface area (TPSA) is 42.7 Å². The van der Waals surface area contributed by atoms with Crippen LogP contribution in [0.5, 0.6) is 0 Å². The molecule has 0 saturated carbocycles. The van der Waals surface area contributed by atoms with E-state index >= 15 is 0 Å². The van der Waals surface area contributed by atoms with Gasteiger partial charge in [-0.05, 0) is 31.5 Å². The molecule has 0 saturated heterocycles. The normalized spacial score (nSPS) is 12.6. The van der Waals surface area contributed by atoms with Crippen LogP contribution in [0.1, 0.15) is 31.3 Å². The van der Waals surface area contributed by atoms with Crippen molar-refractivity contribution in [3.05, 3.63) is 47.0 Å². The number of nitrogens with zero attached hydrogens (tertiary/aromatic N) is 3. The highest BCUT2D eigenvalue weighted by Crippen LogP contribution is 2.16. The molecule has 2 rings (SSSR count). The molecule has 96 valence electrons. The second kappa shape index (κ2) is 5.98. The van der Waals surface area contributed by atoms with Crippen LogP contribution in [0.15, 0.2) is 30.6 Å².